The summed E-state index contributed by atoms with van der Waals surface area (Å²) in [6.07, 6.45) is 3.52. The van der Waals surface area contributed by atoms with E-state index in [-0.39, 0.29) is 6.79 Å². The number of hydrogen-bond acceptors (Lipinski definition) is 4. The van der Waals surface area contributed by atoms with E-state index in [0.717, 1.165) is 42.4 Å². The number of rotatable bonds is 8. The summed E-state index contributed by atoms with van der Waals surface area (Å²) in [6, 6.07) is 25.4. The van der Waals surface area contributed by atoms with Crippen molar-refractivity contribution in [3.05, 3.63) is 89.5 Å². The van der Waals surface area contributed by atoms with Crippen LogP contribution in [0.25, 0.3) is 11.1 Å². The largest absolute Gasteiger partial charge is 0.492 e. The van der Waals surface area contributed by atoms with Gasteiger partial charge in [-0.3, -0.25) is 4.90 Å². The van der Waals surface area contributed by atoms with Crippen LogP contribution in [0.1, 0.15) is 42.9 Å². The second-order valence-electron chi connectivity index (χ2n) is 8.56. The van der Waals surface area contributed by atoms with Crippen molar-refractivity contribution in [2.75, 3.05) is 33.0 Å². The number of hydrogen-bond donors (Lipinski definition) is 0. The van der Waals surface area contributed by atoms with Crippen molar-refractivity contribution in [2.45, 2.75) is 26.2 Å². The molecule has 0 aromatic heterocycles. The first kappa shape index (κ1) is 21.6. The maximum Gasteiger partial charge on any atom is 0.231 e. The van der Waals surface area contributed by atoms with Gasteiger partial charge in [0.25, 0.3) is 0 Å². The van der Waals surface area contributed by atoms with E-state index in [1.807, 2.05) is 6.07 Å². The molecule has 170 valence electrons. The number of allylic oxidation sites excluding steroid dienone is 1. The lowest BCUT2D eigenvalue weighted by Gasteiger charge is -2.18. The molecule has 0 aliphatic carbocycles. The molecule has 1 saturated heterocycles. The van der Waals surface area contributed by atoms with Crippen molar-refractivity contribution in [1.29, 1.82) is 0 Å². The van der Waals surface area contributed by atoms with Gasteiger partial charge in [-0.15, -0.1) is 0 Å². The van der Waals surface area contributed by atoms with Crippen molar-refractivity contribution < 1.29 is 14.2 Å². The summed E-state index contributed by atoms with van der Waals surface area (Å²) in [6.45, 7) is 6.63. The molecule has 3 aromatic carbocycles. The minimum atomic E-state index is 0.286. The molecule has 4 nitrogen and oxygen atoms in total. The highest BCUT2D eigenvalue weighted by atomic mass is 16.7. The molecule has 0 saturated carbocycles. The molecule has 4 heteroatoms. The Bertz CT molecular complexity index is 1100. The van der Waals surface area contributed by atoms with Gasteiger partial charge in [-0.2, -0.15) is 0 Å². The van der Waals surface area contributed by atoms with Gasteiger partial charge in [0.05, 0.1) is 0 Å². The molecule has 2 aliphatic rings. The van der Waals surface area contributed by atoms with Crippen LogP contribution in [-0.2, 0) is 0 Å². The minimum Gasteiger partial charge on any atom is -0.492 e. The lowest BCUT2D eigenvalue weighted by atomic mass is 9.88. The molecule has 1 fully saturated rings. The molecular formula is C29H31NO3. The number of nitrogens with zero attached hydrogens (tertiary/aromatic N) is 1. The van der Waals surface area contributed by atoms with E-state index >= 15 is 0 Å². The van der Waals surface area contributed by atoms with Gasteiger partial charge in [0.2, 0.25) is 6.79 Å². The molecule has 0 unspecified atom stereocenters. The predicted octanol–water partition coefficient (Wildman–Crippen LogP) is 6.26. The van der Waals surface area contributed by atoms with Crippen molar-refractivity contribution in [2.24, 2.45) is 0 Å². The molecule has 3 aromatic rings. The lowest BCUT2D eigenvalue weighted by Crippen LogP contribution is -2.25. The molecular weight excluding hydrogens is 410 g/mol. The summed E-state index contributed by atoms with van der Waals surface area (Å²) in [7, 11) is 0. The molecule has 0 N–H and O–H groups in total. The third-order valence-corrected chi connectivity index (χ3v) is 6.46. The Hall–Kier alpha value is -3.24. The zero-order valence-electron chi connectivity index (χ0n) is 19.3. The van der Waals surface area contributed by atoms with Crippen molar-refractivity contribution in [1.82, 2.24) is 4.90 Å². The molecule has 0 spiro atoms. The van der Waals surface area contributed by atoms with Crippen LogP contribution in [0.15, 0.2) is 72.8 Å². The standard InChI is InChI=1S/C29H31NO3/c1-2-26(24-12-15-27-28(20-24)33-21-32-27)29(22-8-4-3-5-9-22)23-10-13-25(14-11-23)31-19-18-30-16-6-7-17-30/h3-5,8-15,20H,2,6-7,16-19,21H2,1H3/b29-26-. The van der Waals surface area contributed by atoms with Crippen molar-refractivity contribution in [3.8, 4) is 17.2 Å². The van der Waals surface area contributed by atoms with Crippen LogP contribution in [0.5, 0.6) is 17.2 Å². The first-order valence-electron chi connectivity index (χ1n) is 12.0. The maximum atomic E-state index is 6.04. The Morgan fingerprint density at radius 1 is 0.818 bits per heavy atom. The number of likely N-dealkylation sites (tertiary alicyclic amines) is 1. The number of benzene rings is 3. The summed E-state index contributed by atoms with van der Waals surface area (Å²) in [5, 5.41) is 0. The highest BCUT2D eigenvalue weighted by Gasteiger charge is 2.18. The van der Waals surface area contributed by atoms with Crippen LogP contribution in [0.3, 0.4) is 0 Å². The van der Waals surface area contributed by atoms with Gasteiger partial charge >= 0.3 is 0 Å². The van der Waals surface area contributed by atoms with E-state index in [0.29, 0.717) is 0 Å². The zero-order chi connectivity index (χ0) is 22.5. The fraction of sp³-hybridized carbons (Fsp3) is 0.310. The molecule has 2 aliphatic heterocycles. The van der Waals surface area contributed by atoms with Gasteiger partial charge in [0.1, 0.15) is 12.4 Å². The zero-order valence-corrected chi connectivity index (χ0v) is 19.3. The van der Waals surface area contributed by atoms with Gasteiger partial charge in [0.15, 0.2) is 11.5 Å². The fourth-order valence-electron chi connectivity index (χ4n) is 4.75. The Labute approximate surface area is 196 Å². The fourth-order valence-corrected chi connectivity index (χ4v) is 4.75. The molecule has 33 heavy (non-hydrogen) atoms. The first-order valence-corrected chi connectivity index (χ1v) is 12.0. The Kier molecular flexibility index (Phi) is 6.63. The smallest absolute Gasteiger partial charge is 0.231 e. The lowest BCUT2D eigenvalue weighted by molar-refractivity contribution is 0.174. The van der Waals surface area contributed by atoms with E-state index in [9.17, 15) is 0 Å². The number of ether oxygens (including phenoxy) is 3. The molecule has 0 atom stereocenters. The Morgan fingerprint density at radius 3 is 2.27 bits per heavy atom. The summed E-state index contributed by atoms with van der Waals surface area (Å²) in [4.78, 5) is 2.48. The summed E-state index contributed by atoms with van der Waals surface area (Å²) < 4.78 is 17.2. The van der Waals surface area contributed by atoms with Gasteiger partial charge in [-0.1, -0.05) is 55.5 Å². The maximum absolute atomic E-state index is 6.04. The van der Waals surface area contributed by atoms with E-state index in [1.54, 1.807) is 0 Å². The Morgan fingerprint density at radius 2 is 1.52 bits per heavy atom. The second kappa shape index (κ2) is 10.1. The summed E-state index contributed by atoms with van der Waals surface area (Å²) in [5.41, 5.74) is 6.06. The molecule has 0 bridgehead atoms. The average molecular weight is 442 g/mol. The topological polar surface area (TPSA) is 30.9 Å². The van der Waals surface area contributed by atoms with Crippen LogP contribution in [0, 0.1) is 0 Å². The van der Waals surface area contributed by atoms with Gasteiger partial charge in [-0.05, 0) is 84.5 Å². The number of fused-ring (bicyclic) bond motifs is 1. The van der Waals surface area contributed by atoms with Crippen molar-refractivity contribution in [3.63, 3.8) is 0 Å². The quantitative estimate of drug-likeness (QED) is 0.386. The van der Waals surface area contributed by atoms with E-state index in [1.165, 1.54) is 48.2 Å². The third kappa shape index (κ3) is 4.91. The second-order valence-corrected chi connectivity index (χ2v) is 8.56. The van der Waals surface area contributed by atoms with Gasteiger partial charge in [0, 0.05) is 6.54 Å². The Balaban J connectivity index is 1.45. The average Bonchev–Trinajstić information content (AvgIpc) is 3.55. The van der Waals surface area contributed by atoms with Crippen LogP contribution >= 0.6 is 0 Å². The van der Waals surface area contributed by atoms with Crippen LogP contribution in [-0.4, -0.2) is 37.9 Å². The van der Waals surface area contributed by atoms with E-state index in [4.69, 9.17) is 14.2 Å². The van der Waals surface area contributed by atoms with Crippen molar-refractivity contribution >= 4 is 11.1 Å². The minimum absolute atomic E-state index is 0.286. The predicted molar refractivity (Wildman–Crippen MR) is 133 cm³/mol. The van der Waals surface area contributed by atoms with Gasteiger partial charge < -0.3 is 14.2 Å². The summed E-state index contributed by atoms with van der Waals surface area (Å²) >= 11 is 0. The van der Waals surface area contributed by atoms with Crippen LogP contribution in [0.2, 0.25) is 0 Å². The highest BCUT2D eigenvalue weighted by Crippen LogP contribution is 2.39. The molecule has 5 rings (SSSR count). The molecule has 2 heterocycles. The first-order chi connectivity index (χ1) is 16.3. The van der Waals surface area contributed by atoms with Crippen LogP contribution < -0.4 is 14.2 Å². The monoisotopic (exact) mass is 441 g/mol. The summed E-state index contributed by atoms with van der Waals surface area (Å²) in [5.74, 6) is 2.55. The third-order valence-electron chi connectivity index (χ3n) is 6.46. The molecule has 0 amide bonds. The van der Waals surface area contributed by atoms with E-state index in [2.05, 4.69) is 78.6 Å². The van der Waals surface area contributed by atoms with Gasteiger partial charge in [-0.25, -0.2) is 0 Å². The van der Waals surface area contributed by atoms with Crippen LogP contribution in [0.4, 0.5) is 0 Å². The molecule has 0 radical (unpaired) electrons. The highest BCUT2D eigenvalue weighted by molar-refractivity contribution is 5.98. The van der Waals surface area contributed by atoms with E-state index < -0.39 is 0 Å². The normalized spacial score (nSPS) is 16.0. The SMILES string of the molecule is CC/C(=C(\c1ccccc1)c1ccc(OCCN2CCCC2)cc1)c1ccc2c(c1)OCO2.